The molecule has 1 aromatic rings. The second-order valence-corrected chi connectivity index (χ2v) is 8.36. The first-order valence-electron chi connectivity index (χ1n) is 11.5. The lowest BCUT2D eigenvalue weighted by Gasteiger charge is -2.35. The van der Waals surface area contributed by atoms with E-state index >= 15 is 0 Å². The van der Waals surface area contributed by atoms with Gasteiger partial charge in [-0.25, -0.2) is 9.18 Å². The zero-order valence-electron chi connectivity index (χ0n) is 18.2. The predicted octanol–water partition coefficient (Wildman–Crippen LogP) is 2.73. The average molecular weight is 435 g/mol. The van der Waals surface area contributed by atoms with Crippen molar-refractivity contribution in [1.29, 1.82) is 0 Å². The van der Waals surface area contributed by atoms with Gasteiger partial charge in [0.25, 0.3) is 0 Å². The maximum absolute atomic E-state index is 13.3. The smallest absolute Gasteiger partial charge is 0.315 e. The fourth-order valence-corrected chi connectivity index (χ4v) is 4.26. The van der Waals surface area contributed by atoms with Gasteiger partial charge in [-0.1, -0.05) is 31.4 Å². The summed E-state index contributed by atoms with van der Waals surface area (Å²) in [7, 11) is 0. The third-order valence-corrected chi connectivity index (χ3v) is 6.04. The quantitative estimate of drug-likeness (QED) is 0.522. The summed E-state index contributed by atoms with van der Waals surface area (Å²) in [6.07, 6.45) is 6.64. The van der Waals surface area contributed by atoms with Gasteiger partial charge >= 0.3 is 6.03 Å². The molecule has 7 nitrogen and oxygen atoms in total. The zero-order valence-corrected chi connectivity index (χ0v) is 18.2. The molecule has 1 saturated heterocycles. The Bertz CT molecular complexity index is 689. The molecule has 3 amide bonds. The molecule has 1 atom stereocenters. The largest absolute Gasteiger partial charge is 0.379 e. The zero-order chi connectivity index (χ0) is 21.9. The molecule has 0 spiro atoms. The number of morpholine rings is 1. The Balaban J connectivity index is 1.37. The van der Waals surface area contributed by atoms with E-state index in [-0.39, 0.29) is 29.8 Å². The van der Waals surface area contributed by atoms with Gasteiger partial charge in [-0.05, 0) is 37.0 Å². The molecule has 3 N–H and O–H groups in total. The SMILES string of the molecule is O=C(CCCNC(=O)NC1CCCCC1)NCC(c1ccc(F)cc1)N1CCOCC1. The highest BCUT2D eigenvalue weighted by molar-refractivity contribution is 5.76. The molecular weight excluding hydrogens is 399 g/mol. The summed E-state index contributed by atoms with van der Waals surface area (Å²) < 4.78 is 18.8. The van der Waals surface area contributed by atoms with Crippen molar-refractivity contribution in [2.45, 2.75) is 57.0 Å². The monoisotopic (exact) mass is 434 g/mol. The molecule has 1 unspecified atom stereocenters. The van der Waals surface area contributed by atoms with E-state index < -0.39 is 0 Å². The summed E-state index contributed by atoms with van der Waals surface area (Å²) in [5, 5.41) is 8.86. The van der Waals surface area contributed by atoms with Crippen molar-refractivity contribution in [3.8, 4) is 0 Å². The van der Waals surface area contributed by atoms with Gasteiger partial charge in [0.15, 0.2) is 0 Å². The second kappa shape index (κ2) is 12.6. The highest BCUT2D eigenvalue weighted by Gasteiger charge is 2.23. The number of halogens is 1. The third-order valence-electron chi connectivity index (χ3n) is 6.04. The number of urea groups is 1. The fourth-order valence-electron chi connectivity index (χ4n) is 4.26. The van der Waals surface area contributed by atoms with Crippen molar-refractivity contribution in [3.63, 3.8) is 0 Å². The molecule has 0 aromatic heterocycles. The van der Waals surface area contributed by atoms with Gasteiger partial charge in [0, 0.05) is 38.6 Å². The molecule has 172 valence electrons. The van der Waals surface area contributed by atoms with Gasteiger partial charge in [-0.2, -0.15) is 0 Å². The Hall–Kier alpha value is -2.19. The van der Waals surface area contributed by atoms with E-state index in [0.29, 0.717) is 39.1 Å². The predicted molar refractivity (Wildman–Crippen MR) is 117 cm³/mol. The number of carbonyl (C=O) groups is 2. The molecule has 8 heteroatoms. The summed E-state index contributed by atoms with van der Waals surface area (Å²) >= 11 is 0. The van der Waals surface area contributed by atoms with E-state index in [1.807, 2.05) is 0 Å². The summed E-state index contributed by atoms with van der Waals surface area (Å²) in [6, 6.07) is 6.57. The van der Waals surface area contributed by atoms with Crippen molar-refractivity contribution in [2.24, 2.45) is 0 Å². The molecule has 31 heavy (non-hydrogen) atoms. The highest BCUT2D eigenvalue weighted by Crippen LogP contribution is 2.22. The van der Waals surface area contributed by atoms with Crippen LogP contribution in [0.2, 0.25) is 0 Å². The highest BCUT2D eigenvalue weighted by atomic mass is 19.1. The summed E-state index contributed by atoms with van der Waals surface area (Å²) in [4.78, 5) is 26.6. The van der Waals surface area contributed by atoms with E-state index in [9.17, 15) is 14.0 Å². The maximum atomic E-state index is 13.3. The number of hydrogen-bond acceptors (Lipinski definition) is 4. The first-order chi connectivity index (χ1) is 15.1. The lowest BCUT2D eigenvalue weighted by molar-refractivity contribution is -0.121. The molecule has 1 heterocycles. The lowest BCUT2D eigenvalue weighted by Crippen LogP contribution is -2.44. The molecule has 1 aliphatic carbocycles. The van der Waals surface area contributed by atoms with E-state index in [0.717, 1.165) is 31.5 Å². The molecule has 1 aromatic carbocycles. The van der Waals surface area contributed by atoms with Crippen LogP contribution in [-0.2, 0) is 9.53 Å². The Morgan fingerprint density at radius 3 is 2.48 bits per heavy atom. The number of carbonyl (C=O) groups excluding carboxylic acids is 2. The number of ether oxygens (including phenoxy) is 1. The van der Waals surface area contributed by atoms with Gasteiger partial charge in [0.1, 0.15) is 5.82 Å². The Labute approximate surface area is 184 Å². The van der Waals surface area contributed by atoms with Gasteiger partial charge < -0.3 is 20.7 Å². The van der Waals surface area contributed by atoms with Gasteiger partial charge in [-0.3, -0.25) is 9.69 Å². The minimum absolute atomic E-state index is 0.0205. The minimum atomic E-state index is -0.270. The molecule has 0 radical (unpaired) electrons. The van der Waals surface area contributed by atoms with Crippen molar-refractivity contribution in [1.82, 2.24) is 20.9 Å². The van der Waals surface area contributed by atoms with Crippen LogP contribution in [0.1, 0.15) is 56.6 Å². The summed E-state index contributed by atoms with van der Waals surface area (Å²) in [5.74, 6) is -0.316. The maximum Gasteiger partial charge on any atom is 0.315 e. The number of nitrogens with zero attached hydrogens (tertiary/aromatic N) is 1. The number of amides is 3. The molecule has 0 bridgehead atoms. The minimum Gasteiger partial charge on any atom is -0.379 e. The first-order valence-corrected chi connectivity index (χ1v) is 11.5. The first kappa shape index (κ1) is 23.5. The van der Waals surface area contributed by atoms with Crippen molar-refractivity contribution < 1.29 is 18.7 Å². The van der Waals surface area contributed by atoms with Crippen molar-refractivity contribution >= 4 is 11.9 Å². The average Bonchev–Trinajstić information content (AvgIpc) is 2.79. The molecule has 2 aliphatic rings. The van der Waals surface area contributed by atoms with Gasteiger partial charge in [-0.15, -0.1) is 0 Å². The number of benzene rings is 1. The van der Waals surface area contributed by atoms with E-state index in [4.69, 9.17) is 4.74 Å². The fraction of sp³-hybridized carbons (Fsp3) is 0.652. The van der Waals surface area contributed by atoms with Crippen LogP contribution in [0.15, 0.2) is 24.3 Å². The number of nitrogens with one attached hydrogen (secondary N) is 3. The van der Waals surface area contributed by atoms with Crippen LogP contribution in [-0.4, -0.2) is 62.3 Å². The van der Waals surface area contributed by atoms with Crippen LogP contribution in [0, 0.1) is 5.82 Å². The van der Waals surface area contributed by atoms with E-state index in [1.54, 1.807) is 12.1 Å². The van der Waals surface area contributed by atoms with Crippen LogP contribution < -0.4 is 16.0 Å². The number of rotatable bonds is 9. The Kier molecular flexibility index (Phi) is 9.55. The standard InChI is InChI=1S/C23H35FN4O3/c24-19-10-8-18(9-11-19)21(28-13-15-31-16-14-28)17-26-22(29)7-4-12-25-23(30)27-20-5-2-1-3-6-20/h8-11,20-21H,1-7,12-17H2,(H,26,29)(H2,25,27,30). The van der Waals surface area contributed by atoms with Crippen LogP contribution in [0.4, 0.5) is 9.18 Å². The van der Waals surface area contributed by atoms with E-state index in [1.165, 1.54) is 31.4 Å². The van der Waals surface area contributed by atoms with Crippen LogP contribution in [0.3, 0.4) is 0 Å². The Morgan fingerprint density at radius 1 is 1.06 bits per heavy atom. The van der Waals surface area contributed by atoms with Crippen LogP contribution in [0.5, 0.6) is 0 Å². The Morgan fingerprint density at radius 2 is 1.77 bits per heavy atom. The molecule has 1 aliphatic heterocycles. The summed E-state index contributed by atoms with van der Waals surface area (Å²) in [6.45, 7) is 3.78. The topological polar surface area (TPSA) is 82.7 Å². The van der Waals surface area contributed by atoms with Gasteiger partial charge in [0.05, 0.1) is 19.3 Å². The van der Waals surface area contributed by atoms with Crippen molar-refractivity contribution in [2.75, 3.05) is 39.4 Å². The molecule has 1 saturated carbocycles. The summed E-state index contributed by atoms with van der Waals surface area (Å²) in [5.41, 5.74) is 0.977. The molecular formula is C23H35FN4O3. The van der Waals surface area contributed by atoms with Crippen LogP contribution in [0.25, 0.3) is 0 Å². The lowest BCUT2D eigenvalue weighted by atomic mass is 9.96. The molecule has 2 fully saturated rings. The molecule has 3 rings (SSSR count). The normalized spacial score (nSPS) is 18.9. The third kappa shape index (κ3) is 8.10. The van der Waals surface area contributed by atoms with Gasteiger partial charge in [0.2, 0.25) is 5.91 Å². The number of hydrogen-bond donors (Lipinski definition) is 3. The van der Waals surface area contributed by atoms with Crippen molar-refractivity contribution in [3.05, 3.63) is 35.6 Å². The van der Waals surface area contributed by atoms with Crippen LogP contribution >= 0.6 is 0 Å². The second-order valence-electron chi connectivity index (χ2n) is 8.36. The van der Waals surface area contributed by atoms with E-state index in [2.05, 4.69) is 20.9 Å².